The molecule has 0 bridgehead atoms. The third-order valence-corrected chi connectivity index (χ3v) is 9.58. The predicted molar refractivity (Wildman–Crippen MR) is 190 cm³/mol. The van der Waals surface area contributed by atoms with Crippen molar-refractivity contribution < 1.29 is 22.4 Å². The highest BCUT2D eigenvalue weighted by Gasteiger charge is 2.45. The lowest BCUT2D eigenvalue weighted by atomic mass is 9.90. The molecule has 48 heavy (non-hydrogen) atoms. The van der Waals surface area contributed by atoms with Crippen LogP contribution in [0.4, 0.5) is 17.1 Å². The first-order valence-electron chi connectivity index (χ1n) is 16.2. The first-order valence-corrected chi connectivity index (χ1v) is 18.1. The average molecular weight is 676 g/mol. The zero-order chi connectivity index (χ0) is 35.0. The molecule has 4 aromatic rings. The van der Waals surface area contributed by atoms with E-state index in [2.05, 4.69) is 9.62 Å². The smallest absolute Gasteiger partial charge is 0.261 e. The van der Waals surface area contributed by atoms with Crippen molar-refractivity contribution in [3.63, 3.8) is 0 Å². The number of sulfonamides is 1. The van der Waals surface area contributed by atoms with Crippen molar-refractivity contribution in [3.05, 3.63) is 87.5 Å². The topological polar surface area (TPSA) is 125 Å². The number of furan rings is 1. The molecule has 0 aliphatic carbocycles. The molecule has 0 unspecified atom stereocenters. The Morgan fingerprint density at radius 2 is 1.69 bits per heavy atom. The lowest BCUT2D eigenvalue weighted by Gasteiger charge is -2.27. The van der Waals surface area contributed by atoms with Crippen molar-refractivity contribution >= 4 is 49.9 Å². The molecular weight excluding hydrogens is 630 g/mol. The number of carbonyl (C=O) groups is 2. The van der Waals surface area contributed by atoms with Crippen molar-refractivity contribution in [2.75, 3.05) is 47.5 Å². The number of carbonyl (C=O) groups excluding carboxylic acids is 2. The molecule has 0 saturated carbocycles. The van der Waals surface area contributed by atoms with Gasteiger partial charge in [0.15, 0.2) is 0 Å². The molecule has 0 spiro atoms. The monoisotopic (exact) mass is 675 g/mol. The van der Waals surface area contributed by atoms with Gasteiger partial charge in [0, 0.05) is 45.0 Å². The fraction of sp³-hybridized carbons (Fsp3) is 0.417. The van der Waals surface area contributed by atoms with Crippen LogP contribution in [0.3, 0.4) is 0 Å². The van der Waals surface area contributed by atoms with E-state index >= 15 is 0 Å². The van der Waals surface area contributed by atoms with Gasteiger partial charge in [0.25, 0.3) is 5.56 Å². The second kappa shape index (κ2) is 13.6. The number of aromatic nitrogens is 1. The zero-order valence-corrected chi connectivity index (χ0v) is 29.6. The van der Waals surface area contributed by atoms with E-state index in [1.165, 1.54) is 0 Å². The Morgan fingerprint density at radius 3 is 2.40 bits per heavy atom. The SMILES string of the molecule is CCN1C(=O)C(C)(C)C(=O)N(C)c2cc(CCCN(CCn3cc(C)c4oc(C)cc4c3=O)Cc3ccccc3NS(C)(=O)=O)ccc21. The molecule has 5 rings (SSSR count). The van der Waals surface area contributed by atoms with Crippen LogP contribution < -0.4 is 20.1 Å². The number of aryl methyl sites for hydroxylation is 3. The van der Waals surface area contributed by atoms with Gasteiger partial charge in [-0.2, -0.15) is 0 Å². The van der Waals surface area contributed by atoms with E-state index in [1.807, 2.05) is 57.3 Å². The van der Waals surface area contributed by atoms with Crippen LogP contribution in [0.5, 0.6) is 0 Å². The fourth-order valence-electron chi connectivity index (χ4n) is 6.46. The summed E-state index contributed by atoms with van der Waals surface area (Å²) in [5.74, 6) is 0.222. The quantitative estimate of drug-likeness (QED) is 0.208. The third-order valence-electron chi connectivity index (χ3n) is 8.99. The van der Waals surface area contributed by atoms with E-state index in [0.717, 1.165) is 35.1 Å². The van der Waals surface area contributed by atoms with Crippen LogP contribution in [0.1, 0.15) is 49.6 Å². The fourth-order valence-corrected chi connectivity index (χ4v) is 7.06. The summed E-state index contributed by atoms with van der Waals surface area (Å²) in [5, 5.41) is 0.556. The van der Waals surface area contributed by atoms with E-state index in [1.54, 1.807) is 53.5 Å². The maximum atomic E-state index is 13.3. The highest BCUT2D eigenvalue weighted by atomic mass is 32.2. The van der Waals surface area contributed by atoms with Crippen LogP contribution in [-0.4, -0.2) is 62.6 Å². The largest absolute Gasteiger partial charge is 0.461 e. The van der Waals surface area contributed by atoms with Crippen molar-refractivity contribution in [2.24, 2.45) is 5.41 Å². The van der Waals surface area contributed by atoms with Gasteiger partial charge in [0.2, 0.25) is 21.8 Å². The molecule has 1 aliphatic rings. The molecule has 11 nitrogen and oxygen atoms in total. The first-order chi connectivity index (χ1) is 22.6. The number of pyridine rings is 1. The summed E-state index contributed by atoms with van der Waals surface area (Å²) in [7, 11) is -1.77. The van der Waals surface area contributed by atoms with E-state index in [-0.39, 0.29) is 17.4 Å². The standard InChI is InChI=1S/C36H45N5O6S/c1-8-41-30-16-15-26(21-31(30)38(6)34(43)36(4,5)35(41)44)12-11-17-39(23-27-13-9-10-14-29(27)37-48(7,45)46)18-19-40-22-24(2)32-28(33(40)42)20-25(3)47-32/h9-10,13-16,20-22,37H,8,11-12,17-19,23H2,1-7H3. The van der Waals surface area contributed by atoms with Gasteiger partial charge in [-0.05, 0) is 89.4 Å². The lowest BCUT2D eigenvalue weighted by Crippen LogP contribution is -2.47. The van der Waals surface area contributed by atoms with E-state index in [4.69, 9.17) is 4.42 Å². The molecule has 1 N–H and O–H groups in total. The maximum Gasteiger partial charge on any atom is 0.261 e. The molecular formula is C36H45N5O6S. The molecule has 2 aromatic heterocycles. The Morgan fingerprint density at radius 1 is 0.958 bits per heavy atom. The number of rotatable bonds is 12. The molecule has 0 atom stereocenters. The minimum absolute atomic E-state index is 0.113. The summed E-state index contributed by atoms with van der Waals surface area (Å²) in [4.78, 5) is 45.4. The predicted octanol–water partition coefficient (Wildman–Crippen LogP) is 5.07. The van der Waals surface area contributed by atoms with Crippen LogP contribution in [0.15, 0.2) is 63.9 Å². The molecule has 256 valence electrons. The molecule has 0 saturated heterocycles. The molecule has 2 aromatic carbocycles. The molecule has 0 radical (unpaired) electrons. The minimum Gasteiger partial charge on any atom is -0.461 e. The van der Waals surface area contributed by atoms with E-state index in [0.29, 0.717) is 67.2 Å². The van der Waals surface area contributed by atoms with Crippen LogP contribution >= 0.6 is 0 Å². The summed E-state index contributed by atoms with van der Waals surface area (Å²) < 4.78 is 34.3. The number of nitrogens with zero attached hydrogens (tertiary/aromatic N) is 4. The Hall–Kier alpha value is -4.42. The summed E-state index contributed by atoms with van der Waals surface area (Å²) in [6, 6.07) is 15.0. The second-order valence-electron chi connectivity index (χ2n) is 13.2. The highest BCUT2D eigenvalue weighted by Crippen LogP contribution is 2.39. The number of anilines is 3. The number of amides is 2. The normalized spacial score (nSPS) is 14.9. The molecule has 2 amide bonds. The van der Waals surface area contributed by atoms with Gasteiger partial charge in [0.05, 0.1) is 28.7 Å². The number of hydrogen-bond donors (Lipinski definition) is 1. The minimum atomic E-state index is -3.48. The van der Waals surface area contributed by atoms with Gasteiger partial charge in [-0.25, -0.2) is 8.42 Å². The van der Waals surface area contributed by atoms with Crippen LogP contribution in [0, 0.1) is 19.3 Å². The number of benzene rings is 2. The number of nitrogens with one attached hydrogen (secondary N) is 1. The lowest BCUT2D eigenvalue weighted by molar-refractivity contribution is -0.137. The van der Waals surface area contributed by atoms with Gasteiger partial charge in [-0.15, -0.1) is 0 Å². The Balaban J connectivity index is 1.38. The van der Waals surface area contributed by atoms with Gasteiger partial charge >= 0.3 is 0 Å². The first kappa shape index (κ1) is 34.9. The average Bonchev–Trinajstić information content (AvgIpc) is 3.42. The van der Waals surface area contributed by atoms with Crippen molar-refractivity contribution in [1.29, 1.82) is 0 Å². The maximum absolute atomic E-state index is 13.3. The third kappa shape index (κ3) is 7.19. The number of fused-ring (bicyclic) bond motifs is 2. The summed E-state index contributed by atoms with van der Waals surface area (Å²) >= 11 is 0. The van der Waals surface area contributed by atoms with Gasteiger partial charge in [0.1, 0.15) is 16.8 Å². The molecule has 1 aliphatic heterocycles. The van der Waals surface area contributed by atoms with Gasteiger partial charge in [-0.1, -0.05) is 24.3 Å². The van der Waals surface area contributed by atoms with Crippen LogP contribution in [0.25, 0.3) is 11.0 Å². The molecule has 0 fully saturated rings. The summed E-state index contributed by atoms with van der Waals surface area (Å²) in [5.41, 5.74) is 3.99. The van der Waals surface area contributed by atoms with E-state index < -0.39 is 15.4 Å². The van der Waals surface area contributed by atoms with Crippen molar-refractivity contribution in [1.82, 2.24) is 9.47 Å². The molecule has 3 heterocycles. The van der Waals surface area contributed by atoms with Crippen molar-refractivity contribution in [3.8, 4) is 0 Å². The van der Waals surface area contributed by atoms with Gasteiger partial charge < -0.3 is 18.8 Å². The van der Waals surface area contributed by atoms with Crippen molar-refractivity contribution in [2.45, 2.75) is 60.5 Å². The summed E-state index contributed by atoms with van der Waals surface area (Å²) in [6.07, 6.45) is 4.42. The number of hydrogen-bond acceptors (Lipinski definition) is 7. The highest BCUT2D eigenvalue weighted by molar-refractivity contribution is 7.92. The Kier molecular flexibility index (Phi) is 9.89. The second-order valence-corrected chi connectivity index (χ2v) is 14.9. The van der Waals surface area contributed by atoms with E-state index in [9.17, 15) is 22.8 Å². The number of para-hydroxylation sites is 1. The summed E-state index contributed by atoms with van der Waals surface area (Å²) in [6.45, 7) is 11.6. The Labute approximate surface area is 282 Å². The van der Waals surface area contributed by atoms with Crippen LogP contribution in [0.2, 0.25) is 0 Å². The molecule has 12 heteroatoms. The van der Waals surface area contributed by atoms with Gasteiger partial charge in [-0.3, -0.25) is 24.0 Å². The van der Waals surface area contributed by atoms with Crippen LogP contribution in [-0.2, 0) is 39.1 Å². The zero-order valence-electron chi connectivity index (χ0n) is 28.8. The Bertz CT molecular complexity index is 2030.